The van der Waals surface area contributed by atoms with E-state index < -0.39 is 15.4 Å². The third-order valence-corrected chi connectivity index (χ3v) is 10.8. The summed E-state index contributed by atoms with van der Waals surface area (Å²) < 4.78 is 31.9. The molecule has 6 rings (SSSR count). The van der Waals surface area contributed by atoms with Crippen molar-refractivity contribution in [3.8, 4) is 22.5 Å². The van der Waals surface area contributed by atoms with Gasteiger partial charge in [0.25, 0.3) is 0 Å². The summed E-state index contributed by atoms with van der Waals surface area (Å²) in [7, 11) is -1.30. The highest BCUT2D eigenvalue weighted by atomic mass is 32.2. The quantitative estimate of drug-likeness (QED) is 0.231. The van der Waals surface area contributed by atoms with E-state index in [0.29, 0.717) is 19.1 Å². The average Bonchev–Trinajstić information content (AvgIpc) is 3.40. The average molecular weight is 687 g/mol. The molecule has 0 saturated carbocycles. The molecule has 0 aliphatic carbocycles. The Bertz CT molecular complexity index is 1900. The lowest BCUT2D eigenvalue weighted by molar-refractivity contribution is 0.0210. The molecule has 0 atom stereocenters. The van der Waals surface area contributed by atoms with Crippen LogP contribution in [0, 0.1) is 0 Å². The van der Waals surface area contributed by atoms with Gasteiger partial charge in [-0.3, -0.25) is 4.90 Å². The van der Waals surface area contributed by atoms with Crippen LogP contribution in [0.4, 0.5) is 16.2 Å². The van der Waals surface area contributed by atoms with Gasteiger partial charge in [-0.25, -0.2) is 18.2 Å². The molecule has 0 spiro atoms. The Morgan fingerprint density at radius 3 is 2.06 bits per heavy atom. The number of nitrogens with zero attached hydrogens (tertiary/aromatic N) is 5. The Labute approximate surface area is 291 Å². The van der Waals surface area contributed by atoms with E-state index in [1.54, 1.807) is 17.0 Å². The number of hydrogen-bond acceptors (Lipinski definition) is 8. The van der Waals surface area contributed by atoms with Crippen molar-refractivity contribution in [3.63, 3.8) is 0 Å². The van der Waals surface area contributed by atoms with Crippen molar-refractivity contribution in [2.75, 3.05) is 55.7 Å². The number of piperazine rings is 1. The number of carbonyl (C=O) groups excluding carboxylic acids is 1. The number of amides is 1. The monoisotopic (exact) mass is 686 g/mol. The number of benzene rings is 3. The van der Waals surface area contributed by atoms with E-state index in [9.17, 15) is 13.2 Å². The van der Waals surface area contributed by atoms with Crippen molar-refractivity contribution >= 4 is 38.3 Å². The summed E-state index contributed by atoms with van der Waals surface area (Å²) in [4.78, 5) is 24.9. The number of fused-ring (bicyclic) bond motifs is 1. The van der Waals surface area contributed by atoms with Gasteiger partial charge in [0, 0.05) is 75.9 Å². The van der Waals surface area contributed by atoms with Crippen LogP contribution in [0.2, 0.25) is 0 Å². The molecule has 1 N–H and O–H groups in total. The van der Waals surface area contributed by atoms with E-state index in [-0.39, 0.29) is 17.0 Å². The van der Waals surface area contributed by atoms with Crippen LogP contribution >= 0.6 is 0 Å². The SMILES string of the molecule is CC(C)N1CCN(c2ccc(-c3cc(NC4CCN(C(=O)OC(C)(C)C)CC4)c4nc(-c5ccc(S(C)(=O)=O)cc5)n(C)c4c3)cc2)CC1. The first-order valence-electron chi connectivity index (χ1n) is 17.3. The summed E-state index contributed by atoms with van der Waals surface area (Å²) in [5.74, 6) is 0.755. The number of imidazole rings is 1. The zero-order valence-electron chi connectivity index (χ0n) is 29.9. The fraction of sp³-hybridized carbons (Fsp3) is 0.474. The van der Waals surface area contributed by atoms with Gasteiger partial charge in [0.05, 0.1) is 16.1 Å². The molecule has 2 aliphatic rings. The Balaban J connectivity index is 1.30. The van der Waals surface area contributed by atoms with Crippen LogP contribution in [0.1, 0.15) is 47.5 Å². The molecule has 10 nitrogen and oxygen atoms in total. The van der Waals surface area contributed by atoms with Gasteiger partial charge in [-0.15, -0.1) is 0 Å². The molecule has 0 bridgehead atoms. The number of likely N-dealkylation sites (tertiary alicyclic amines) is 1. The van der Waals surface area contributed by atoms with Crippen molar-refractivity contribution in [1.82, 2.24) is 19.4 Å². The first-order valence-corrected chi connectivity index (χ1v) is 19.2. The smallest absolute Gasteiger partial charge is 0.410 e. The molecule has 0 unspecified atom stereocenters. The summed E-state index contributed by atoms with van der Waals surface area (Å²) in [6.45, 7) is 15.6. The lowest BCUT2D eigenvalue weighted by atomic mass is 10.0. The van der Waals surface area contributed by atoms with Crippen LogP contribution in [-0.4, -0.2) is 97.1 Å². The number of anilines is 2. The van der Waals surface area contributed by atoms with Gasteiger partial charge in [-0.05, 0) is 107 Å². The predicted molar refractivity (Wildman–Crippen MR) is 198 cm³/mol. The fourth-order valence-electron chi connectivity index (χ4n) is 6.79. The maximum Gasteiger partial charge on any atom is 0.410 e. The van der Waals surface area contributed by atoms with Gasteiger partial charge in [0.15, 0.2) is 9.84 Å². The minimum atomic E-state index is -3.31. The highest BCUT2D eigenvalue weighted by Crippen LogP contribution is 2.36. The van der Waals surface area contributed by atoms with E-state index in [1.807, 2.05) is 40.0 Å². The van der Waals surface area contributed by atoms with Crippen LogP contribution in [0.15, 0.2) is 65.6 Å². The standard InChI is InChI=1S/C38H50N6O4S/c1-26(2)42-20-22-43(23-21-42)31-12-8-27(9-13-31)29-24-33(39-30-16-18-44(19-17-30)37(45)48-38(3,4)5)35-34(25-29)41(6)36(40-35)28-10-14-32(15-11-28)49(7,46)47/h8-15,24-26,30,39H,16-23H2,1-7H3. The van der Waals surface area contributed by atoms with Crippen LogP contribution in [0.5, 0.6) is 0 Å². The van der Waals surface area contributed by atoms with Gasteiger partial charge in [-0.1, -0.05) is 12.1 Å². The number of hydrogen-bond donors (Lipinski definition) is 1. The Hall–Kier alpha value is -4.09. The Morgan fingerprint density at radius 2 is 1.49 bits per heavy atom. The number of carbonyl (C=O) groups is 1. The third-order valence-electron chi connectivity index (χ3n) is 9.64. The highest BCUT2D eigenvalue weighted by Gasteiger charge is 2.28. The number of aromatic nitrogens is 2. The minimum Gasteiger partial charge on any atom is -0.444 e. The summed E-state index contributed by atoms with van der Waals surface area (Å²) in [6.07, 6.45) is 2.53. The first kappa shape index (κ1) is 34.8. The van der Waals surface area contributed by atoms with Crippen LogP contribution in [-0.2, 0) is 21.6 Å². The van der Waals surface area contributed by atoms with E-state index in [1.165, 1.54) is 11.9 Å². The van der Waals surface area contributed by atoms with Crippen molar-refractivity contribution in [3.05, 3.63) is 60.7 Å². The number of aryl methyl sites for hydroxylation is 1. The highest BCUT2D eigenvalue weighted by molar-refractivity contribution is 7.90. The zero-order valence-corrected chi connectivity index (χ0v) is 30.7. The minimum absolute atomic E-state index is 0.156. The molecule has 2 fully saturated rings. The maximum atomic E-state index is 12.7. The number of ether oxygens (including phenoxy) is 1. The third kappa shape index (κ3) is 7.88. The van der Waals surface area contributed by atoms with Gasteiger partial charge < -0.3 is 24.4 Å². The van der Waals surface area contributed by atoms with Gasteiger partial charge in [0.1, 0.15) is 16.9 Å². The second kappa shape index (κ2) is 13.7. The lowest BCUT2D eigenvalue weighted by Crippen LogP contribution is -2.48. The molecule has 1 amide bonds. The van der Waals surface area contributed by atoms with Crippen molar-refractivity contribution in [2.45, 2.75) is 70.0 Å². The summed E-state index contributed by atoms with van der Waals surface area (Å²) in [5, 5.41) is 3.79. The van der Waals surface area contributed by atoms with E-state index in [0.717, 1.165) is 78.3 Å². The molecule has 49 heavy (non-hydrogen) atoms. The summed E-state index contributed by atoms with van der Waals surface area (Å²) in [5.41, 5.74) is 6.52. The predicted octanol–water partition coefficient (Wildman–Crippen LogP) is 6.65. The largest absolute Gasteiger partial charge is 0.444 e. The second-order valence-corrected chi connectivity index (χ2v) is 16.7. The summed E-state index contributed by atoms with van der Waals surface area (Å²) >= 11 is 0. The van der Waals surface area contributed by atoms with Gasteiger partial charge in [-0.2, -0.15) is 0 Å². The normalized spacial score (nSPS) is 16.8. The number of sulfone groups is 1. The number of nitrogens with one attached hydrogen (secondary N) is 1. The maximum absolute atomic E-state index is 12.7. The molecular formula is C38H50N6O4S. The molecular weight excluding hydrogens is 637 g/mol. The number of rotatable bonds is 7. The van der Waals surface area contributed by atoms with E-state index in [2.05, 4.69) is 69.9 Å². The lowest BCUT2D eigenvalue weighted by Gasteiger charge is -2.38. The molecule has 262 valence electrons. The zero-order chi connectivity index (χ0) is 35.1. The second-order valence-electron chi connectivity index (χ2n) is 14.7. The topological polar surface area (TPSA) is 100 Å². The van der Waals surface area contributed by atoms with Gasteiger partial charge in [0.2, 0.25) is 0 Å². The van der Waals surface area contributed by atoms with E-state index >= 15 is 0 Å². The fourth-order valence-corrected chi connectivity index (χ4v) is 7.42. The van der Waals surface area contributed by atoms with E-state index in [4.69, 9.17) is 9.72 Å². The van der Waals surface area contributed by atoms with Crippen molar-refractivity contribution in [1.29, 1.82) is 0 Å². The molecule has 1 aromatic heterocycles. The Kier molecular flexibility index (Phi) is 9.70. The molecule has 2 saturated heterocycles. The molecule has 3 aromatic carbocycles. The van der Waals surface area contributed by atoms with Crippen molar-refractivity contribution < 1.29 is 17.9 Å². The molecule has 2 aliphatic heterocycles. The number of piperidine rings is 1. The first-order chi connectivity index (χ1) is 23.2. The van der Waals surface area contributed by atoms with Gasteiger partial charge >= 0.3 is 6.09 Å². The Morgan fingerprint density at radius 1 is 0.878 bits per heavy atom. The summed E-state index contributed by atoms with van der Waals surface area (Å²) in [6, 6.07) is 20.9. The van der Waals surface area contributed by atoms with Crippen LogP contribution in [0.25, 0.3) is 33.5 Å². The molecule has 0 radical (unpaired) electrons. The van der Waals surface area contributed by atoms with Crippen LogP contribution in [0.3, 0.4) is 0 Å². The molecule has 11 heteroatoms. The van der Waals surface area contributed by atoms with Crippen LogP contribution < -0.4 is 10.2 Å². The molecule has 3 heterocycles. The van der Waals surface area contributed by atoms with Crippen molar-refractivity contribution in [2.24, 2.45) is 7.05 Å². The molecule has 4 aromatic rings.